The van der Waals surface area contributed by atoms with E-state index in [2.05, 4.69) is 9.71 Å². The lowest BCUT2D eigenvalue weighted by Crippen LogP contribution is -2.25. The zero-order valence-electron chi connectivity index (χ0n) is 21.0. The van der Waals surface area contributed by atoms with Crippen LogP contribution in [0.1, 0.15) is 28.7 Å². The summed E-state index contributed by atoms with van der Waals surface area (Å²) in [5.74, 6) is -0.856. The van der Waals surface area contributed by atoms with Gasteiger partial charge in [0.2, 0.25) is 10.0 Å². The third kappa shape index (κ3) is 7.97. The Morgan fingerprint density at radius 3 is 2.18 bits per heavy atom. The number of halogens is 1. The first-order chi connectivity index (χ1) is 18.8. The highest BCUT2D eigenvalue weighted by Gasteiger charge is 2.15. The first-order valence-electron chi connectivity index (χ1n) is 12.2. The summed E-state index contributed by atoms with van der Waals surface area (Å²) in [5, 5.41) is 9.44. The number of aryl methyl sites for hydroxylation is 1. The highest BCUT2D eigenvalue weighted by atomic mass is 35.5. The van der Waals surface area contributed by atoms with Gasteiger partial charge in [-0.15, -0.1) is 0 Å². The number of nitrogens with zero attached hydrogens (tertiary/aromatic N) is 1. The summed E-state index contributed by atoms with van der Waals surface area (Å²) in [5.41, 5.74) is 5.27. The maximum absolute atomic E-state index is 13.0. The molecule has 6 nitrogen and oxygen atoms in total. The lowest BCUT2D eigenvalue weighted by molar-refractivity contribution is -0.136. The summed E-state index contributed by atoms with van der Waals surface area (Å²) in [7, 11) is -3.79. The van der Waals surface area contributed by atoms with Crippen LogP contribution in [0.15, 0.2) is 120 Å². The molecule has 0 spiro atoms. The minimum absolute atomic E-state index is 0.0328. The number of benzene rings is 3. The van der Waals surface area contributed by atoms with E-state index in [9.17, 15) is 13.2 Å². The number of hydrogen-bond donors (Lipinski definition) is 2. The summed E-state index contributed by atoms with van der Waals surface area (Å²) >= 11 is 5.93. The molecule has 0 saturated heterocycles. The van der Waals surface area contributed by atoms with Gasteiger partial charge in [0.05, 0.1) is 4.90 Å². The maximum Gasteiger partial charge on any atom is 0.303 e. The van der Waals surface area contributed by atoms with Crippen molar-refractivity contribution < 1.29 is 18.3 Å². The molecule has 0 aliphatic rings. The van der Waals surface area contributed by atoms with Crippen molar-refractivity contribution >= 4 is 38.7 Å². The summed E-state index contributed by atoms with van der Waals surface area (Å²) in [6.07, 6.45) is 7.80. The molecule has 0 amide bonds. The SMILES string of the molecule is O=C(O)CCc1ccc(C(=CC=C(c2ccccc2)c2cccnc2)CNS(=O)(=O)c2ccc(Cl)cc2)cc1. The van der Waals surface area contributed by atoms with Crippen LogP contribution in [0.4, 0.5) is 0 Å². The van der Waals surface area contributed by atoms with E-state index in [0.29, 0.717) is 11.4 Å². The minimum Gasteiger partial charge on any atom is -0.481 e. The van der Waals surface area contributed by atoms with Crippen molar-refractivity contribution in [3.8, 4) is 0 Å². The van der Waals surface area contributed by atoms with Gasteiger partial charge in [0.25, 0.3) is 0 Å². The molecule has 3 aromatic carbocycles. The molecule has 4 rings (SSSR count). The van der Waals surface area contributed by atoms with E-state index in [0.717, 1.165) is 33.4 Å². The molecule has 0 fully saturated rings. The predicted octanol–water partition coefficient (Wildman–Crippen LogP) is 6.25. The van der Waals surface area contributed by atoms with E-state index in [-0.39, 0.29) is 17.9 Å². The van der Waals surface area contributed by atoms with Crippen LogP contribution in [0.2, 0.25) is 5.02 Å². The first-order valence-corrected chi connectivity index (χ1v) is 14.1. The number of carbonyl (C=O) groups is 1. The number of rotatable bonds is 11. The summed E-state index contributed by atoms with van der Waals surface area (Å²) in [6.45, 7) is 0.0328. The first kappa shape index (κ1) is 28.0. The third-order valence-electron chi connectivity index (χ3n) is 6.04. The number of pyridine rings is 1. The lowest BCUT2D eigenvalue weighted by atomic mass is 9.97. The van der Waals surface area contributed by atoms with Gasteiger partial charge in [-0.3, -0.25) is 9.78 Å². The van der Waals surface area contributed by atoms with Gasteiger partial charge in [-0.2, -0.15) is 0 Å². The second kappa shape index (κ2) is 13.2. The van der Waals surface area contributed by atoms with Crippen molar-refractivity contribution in [3.05, 3.63) is 143 Å². The molecule has 1 heterocycles. The van der Waals surface area contributed by atoms with Crippen molar-refractivity contribution in [2.24, 2.45) is 0 Å². The highest BCUT2D eigenvalue weighted by molar-refractivity contribution is 7.89. The molecule has 0 unspecified atom stereocenters. The topological polar surface area (TPSA) is 96.4 Å². The second-order valence-electron chi connectivity index (χ2n) is 8.75. The number of carboxylic acids is 1. The van der Waals surface area contributed by atoms with Crippen molar-refractivity contribution in [2.45, 2.75) is 17.7 Å². The average molecular weight is 559 g/mol. The van der Waals surface area contributed by atoms with Gasteiger partial charge in [0.1, 0.15) is 0 Å². The van der Waals surface area contributed by atoms with E-state index < -0.39 is 16.0 Å². The van der Waals surface area contributed by atoms with Gasteiger partial charge < -0.3 is 5.11 Å². The van der Waals surface area contributed by atoms with E-state index >= 15 is 0 Å². The van der Waals surface area contributed by atoms with E-state index in [1.165, 1.54) is 24.3 Å². The van der Waals surface area contributed by atoms with Gasteiger partial charge in [0, 0.05) is 35.9 Å². The molecular formula is C31H27ClN2O4S. The predicted molar refractivity (Wildman–Crippen MR) is 155 cm³/mol. The van der Waals surface area contributed by atoms with Crippen LogP contribution in [0.3, 0.4) is 0 Å². The molecule has 39 heavy (non-hydrogen) atoms. The Bertz CT molecular complexity index is 1530. The van der Waals surface area contributed by atoms with Crippen molar-refractivity contribution in [3.63, 3.8) is 0 Å². The second-order valence-corrected chi connectivity index (χ2v) is 11.0. The summed E-state index contributed by atoms with van der Waals surface area (Å²) in [4.78, 5) is 15.3. The smallest absolute Gasteiger partial charge is 0.303 e. The minimum atomic E-state index is -3.79. The van der Waals surface area contributed by atoms with E-state index in [1.807, 2.05) is 78.9 Å². The fraction of sp³-hybridized carbons (Fsp3) is 0.0968. The molecule has 2 N–H and O–H groups in total. The third-order valence-corrected chi connectivity index (χ3v) is 7.71. The Hall–Kier alpha value is -4.04. The highest BCUT2D eigenvalue weighted by Crippen LogP contribution is 2.25. The van der Waals surface area contributed by atoms with Crippen LogP contribution >= 0.6 is 11.6 Å². The number of hydrogen-bond acceptors (Lipinski definition) is 4. The van der Waals surface area contributed by atoms with Crippen LogP contribution in [-0.2, 0) is 21.2 Å². The molecule has 0 bridgehead atoms. The van der Waals surface area contributed by atoms with Crippen LogP contribution in [-0.4, -0.2) is 31.0 Å². The molecule has 0 aliphatic carbocycles. The summed E-state index contributed by atoms with van der Waals surface area (Å²) < 4.78 is 28.7. The molecule has 4 aromatic rings. The van der Waals surface area contributed by atoms with Gasteiger partial charge in [-0.1, -0.05) is 84.4 Å². The molecule has 1 aromatic heterocycles. The fourth-order valence-corrected chi connectivity index (χ4v) is 5.08. The number of nitrogens with one attached hydrogen (secondary N) is 1. The van der Waals surface area contributed by atoms with Crippen LogP contribution in [0.25, 0.3) is 11.1 Å². The van der Waals surface area contributed by atoms with Crippen molar-refractivity contribution in [1.29, 1.82) is 0 Å². The largest absolute Gasteiger partial charge is 0.481 e. The standard InChI is InChI=1S/C31H27ClN2O4S/c32-28-14-16-29(17-15-28)39(37,38)34-22-26(24-11-8-23(9-12-24)10-19-31(35)36)13-18-30(25-5-2-1-3-6-25)27-7-4-20-33-21-27/h1-9,11-18,20-21,34H,10,19,22H2,(H,35,36). The maximum atomic E-state index is 13.0. The van der Waals surface area contributed by atoms with E-state index in [4.69, 9.17) is 16.7 Å². The Morgan fingerprint density at radius 1 is 0.846 bits per heavy atom. The van der Waals surface area contributed by atoms with Gasteiger partial charge in [-0.05, 0) is 64.6 Å². The number of aromatic nitrogens is 1. The Balaban J connectivity index is 1.71. The quantitative estimate of drug-likeness (QED) is 0.212. The molecule has 0 radical (unpaired) electrons. The summed E-state index contributed by atoms with van der Waals surface area (Å²) in [6, 6.07) is 27.2. The average Bonchev–Trinajstić information content (AvgIpc) is 2.95. The van der Waals surface area contributed by atoms with Gasteiger partial charge in [0.15, 0.2) is 0 Å². The molecule has 8 heteroatoms. The van der Waals surface area contributed by atoms with Gasteiger partial charge >= 0.3 is 5.97 Å². The van der Waals surface area contributed by atoms with Crippen molar-refractivity contribution in [2.75, 3.05) is 6.54 Å². The number of allylic oxidation sites excluding steroid dienone is 2. The van der Waals surface area contributed by atoms with Crippen LogP contribution in [0, 0.1) is 0 Å². The van der Waals surface area contributed by atoms with Gasteiger partial charge in [-0.25, -0.2) is 13.1 Å². The number of carboxylic acid groups (broad SMARTS) is 1. The fourth-order valence-electron chi connectivity index (χ4n) is 3.95. The molecule has 0 aliphatic heterocycles. The Kier molecular flexibility index (Phi) is 9.44. The molecular weight excluding hydrogens is 532 g/mol. The Labute approximate surface area is 233 Å². The van der Waals surface area contributed by atoms with Crippen LogP contribution in [0.5, 0.6) is 0 Å². The van der Waals surface area contributed by atoms with E-state index in [1.54, 1.807) is 12.4 Å². The molecule has 198 valence electrons. The zero-order chi connectivity index (χ0) is 27.7. The molecule has 0 saturated carbocycles. The van der Waals surface area contributed by atoms with Crippen LogP contribution < -0.4 is 4.72 Å². The Morgan fingerprint density at radius 2 is 1.54 bits per heavy atom. The lowest BCUT2D eigenvalue weighted by Gasteiger charge is -2.12. The number of sulfonamides is 1. The van der Waals surface area contributed by atoms with Crippen molar-refractivity contribution in [1.82, 2.24) is 9.71 Å². The monoisotopic (exact) mass is 558 g/mol. The normalized spacial score (nSPS) is 12.3. The number of aliphatic carboxylic acids is 1. The molecule has 0 atom stereocenters. The zero-order valence-corrected chi connectivity index (χ0v) is 22.6.